The minimum Gasteiger partial charge on any atom is -0.0654 e. The second-order valence-electron chi connectivity index (χ2n) is 12.9. The van der Waals surface area contributed by atoms with Gasteiger partial charge in [-0.3, -0.25) is 0 Å². The van der Waals surface area contributed by atoms with Crippen molar-refractivity contribution in [3.05, 3.63) is 5.92 Å². The molecule has 0 aromatic heterocycles. The average Bonchev–Trinajstić information content (AvgIpc) is 2.93. The first-order valence-corrected chi connectivity index (χ1v) is 18.6. The summed E-state index contributed by atoms with van der Waals surface area (Å²) in [6, 6.07) is 0. The van der Waals surface area contributed by atoms with Crippen LogP contribution in [0.4, 0.5) is 0 Å². The van der Waals surface area contributed by atoms with Crippen molar-refractivity contribution in [3.63, 3.8) is 0 Å². The Morgan fingerprint density at radius 1 is 0.289 bits per heavy atom. The largest absolute Gasteiger partial charge is 0.0654 e. The second-order valence-corrected chi connectivity index (χ2v) is 12.9. The molecule has 0 saturated carbocycles. The summed E-state index contributed by atoms with van der Waals surface area (Å²) in [4.78, 5) is 0. The Balaban J connectivity index is 4.30. The first kappa shape index (κ1) is 38.0. The van der Waals surface area contributed by atoms with Gasteiger partial charge in [-0.25, -0.2) is 0 Å². The Labute approximate surface area is 244 Å². The van der Waals surface area contributed by atoms with Crippen LogP contribution < -0.4 is 0 Å². The van der Waals surface area contributed by atoms with E-state index in [0.29, 0.717) is 0 Å². The third-order valence-corrected chi connectivity index (χ3v) is 9.09. The first-order valence-electron chi connectivity index (χ1n) is 18.6. The van der Waals surface area contributed by atoms with E-state index in [9.17, 15) is 0 Å². The lowest BCUT2D eigenvalue weighted by Gasteiger charge is -2.27. The van der Waals surface area contributed by atoms with Crippen molar-refractivity contribution in [1.82, 2.24) is 0 Å². The van der Waals surface area contributed by atoms with E-state index in [-0.39, 0.29) is 0 Å². The lowest BCUT2D eigenvalue weighted by Crippen LogP contribution is -2.14. The highest BCUT2D eigenvalue weighted by Crippen LogP contribution is 2.35. The first-order chi connectivity index (χ1) is 18.8. The van der Waals surface area contributed by atoms with Crippen molar-refractivity contribution in [3.8, 4) is 0 Å². The normalized spacial score (nSPS) is 12.6. The van der Waals surface area contributed by atoms with Gasteiger partial charge in [0.1, 0.15) is 0 Å². The van der Waals surface area contributed by atoms with Crippen LogP contribution in [0.3, 0.4) is 0 Å². The molecule has 1 atom stereocenters. The van der Waals surface area contributed by atoms with E-state index in [1.165, 1.54) is 205 Å². The van der Waals surface area contributed by atoms with Gasteiger partial charge in [0.05, 0.1) is 0 Å². The molecule has 0 spiro atoms. The van der Waals surface area contributed by atoms with Gasteiger partial charge in [-0.15, -0.1) is 0 Å². The van der Waals surface area contributed by atoms with Gasteiger partial charge in [-0.05, 0) is 37.5 Å². The number of rotatable bonds is 33. The van der Waals surface area contributed by atoms with Gasteiger partial charge < -0.3 is 0 Å². The van der Waals surface area contributed by atoms with E-state index in [2.05, 4.69) is 27.7 Å². The molecular formula is C38H77. The fraction of sp³-hybridized carbons (Fsp3) is 0.974. The Kier molecular flexibility index (Phi) is 33.2. The van der Waals surface area contributed by atoms with Gasteiger partial charge in [-0.2, -0.15) is 0 Å². The second kappa shape index (κ2) is 33.2. The maximum absolute atomic E-state index is 2.35. The summed E-state index contributed by atoms with van der Waals surface area (Å²) in [5.74, 6) is 2.95. The lowest BCUT2D eigenvalue weighted by atomic mass is 9.78. The average molecular weight is 534 g/mol. The fourth-order valence-corrected chi connectivity index (χ4v) is 6.40. The SMILES string of the molecule is CCCCCCCCCCCCCCCCC(CCCCCCCC)[C](CCCCCC)CCCCCC. The van der Waals surface area contributed by atoms with Crippen molar-refractivity contribution in [1.29, 1.82) is 0 Å². The monoisotopic (exact) mass is 534 g/mol. The van der Waals surface area contributed by atoms with Gasteiger partial charge in [0.25, 0.3) is 0 Å². The number of hydrogen-bond acceptors (Lipinski definition) is 0. The fourth-order valence-electron chi connectivity index (χ4n) is 6.40. The molecule has 0 aliphatic carbocycles. The van der Waals surface area contributed by atoms with Crippen molar-refractivity contribution >= 4 is 0 Å². The van der Waals surface area contributed by atoms with Crippen LogP contribution in [0.15, 0.2) is 0 Å². The molecule has 0 nitrogen and oxygen atoms in total. The van der Waals surface area contributed by atoms with Crippen LogP contribution in [0.5, 0.6) is 0 Å². The van der Waals surface area contributed by atoms with Crippen LogP contribution in [-0.4, -0.2) is 0 Å². The molecular weight excluding hydrogens is 456 g/mol. The maximum atomic E-state index is 2.35. The Hall–Kier alpha value is 0. The summed E-state index contributed by atoms with van der Waals surface area (Å²) in [6.45, 7) is 9.36. The highest BCUT2D eigenvalue weighted by atomic mass is 14.3. The van der Waals surface area contributed by atoms with E-state index in [1.807, 2.05) is 5.92 Å². The minimum absolute atomic E-state index is 0.946. The highest BCUT2D eigenvalue weighted by molar-refractivity contribution is 4.96. The summed E-state index contributed by atoms with van der Waals surface area (Å²) in [7, 11) is 0. The third kappa shape index (κ3) is 27.6. The van der Waals surface area contributed by atoms with Crippen LogP contribution in [0.1, 0.15) is 233 Å². The van der Waals surface area contributed by atoms with E-state index in [0.717, 1.165) is 5.92 Å². The molecule has 0 rings (SSSR count). The molecule has 0 fully saturated rings. The topological polar surface area (TPSA) is 0 Å². The van der Waals surface area contributed by atoms with Gasteiger partial charge in [0.15, 0.2) is 0 Å². The standard InChI is InChI=1S/C38H77/c1-5-9-13-17-19-20-21-22-23-24-25-26-28-32-36-38(35-31-27-18-14-10-6-2)37(33-29-15-11-7-3)34-30-16-12-8-4/h38H,5-36H2,1-4H3. The molecule has 0 bridgehead atoms. The summed E-state index contributed by atoms with van der Waals surface area (Å²) >= 11 is 0. The van der Waals surface area contributed by atoms with Crippen LogP contribution in [0.25, 0.3) is 0 Å². The zero-order valence-electron chi connectivity index (χ0n) is 27.7. The molecule has 0 aromatic rings. The van der Waals surface area contributed by atoms with Crippen molar-refractivity contribution in [2.45, 2.75) is 233 Å². The molecule has 1 unspecified atom stereocenters. The minimum atomic E-state index is 0.946. The summed E-state index contributed by atoms with van der Waals surface area (Å²) in [5, 5.41) is 0. The van der Waals surface area contributed by atoms with Crippen LogP contribution in [0, 0.1) is 11.8 Å². The molecule has 229 valence electrons. The molecule has 0 saturated heterocycles. The summed E-state index contributed by atoms with van der Waals surface area (Å²) in [6.07, 6.45) is 46.7. The maximum Gasteiger partial charge on any atom is -0.0210 e. The summed E-state index contributed by atoms with van der Waals surface area (Å²) < 4.78 is 0. The van der Waals surface area contributed by atoms with Crippen molar-refractivity contribution in [2.24, 2.45) is 5.92 Å². The Morgan fingerprint density at radius 2 is 0.526 bits per heavy atom. The lowest BCUT2D eigenvalue weighted by molar-refractivity contribution is 0.372. The molecule has 1 radical (unpaired) electrons. The quantitative estimate of drug-likeness (QED) is 0.0736. The Bertz CT molecular complexity index is 387. The van der Waals surface area contributed by atoms with Crippen molar-refractivity contribution < 1.29 is 0 Å². The smallest absolute Gasteiger partial charge is 0.0210 e. The third-order valence-electron chi connectivity index (χ3n) is 9.09. The molecule has 0 heterocycles. The summed E-state index contributed by atoms with van der Waals surface area (Å²) in [5.41, 5.74) is 0. The zero-order chi connectivity index (χ0) is 27.8. The van der Waals surface area contributed by atoms with Gasteiger partial charge >= 0.3 is 0 Å². The van der Waals surface area contributed by atoms with Crippen LogP contribution >= 0.6 is 0 Å². The van der Waals surface area contributed by atoms with Crippen LogP contribution in [0.2, 0.25) is 0 Å². The number of unbranched alkanes of at least 4 members (excludes halogenated alkanes) is 24. The molecule has 0 aromatic carbocycles. The molecule has 0 aliphatic rings. The molecule has 0 N–H and O–H groups in total. The van der Waals surface area contributed by atoms with E-state index >= 15 is 0 Å². The zero-order valence-corrected chi connectivity index (χ0v) is 27.7. The van der Waals surface area contributed by atoms with Crippen molar-refractivity contribution in [2.75, 3.05) is 0 Å². The van der Waals surface area contributed by atoms with Gasteiger partial charge in [0.2, 0.25) is 0 Å². The number of hydrogen-bond donors (Lipinski definition) is 0. The van der Waals surface area contributed by atoms with Gasteiger partial charge in [-0.1, -0.05) is 207 Å². The Morgan fingerprint density at radius 3 is 0.816 bits per heavy atom. The van der Waals surface area contributed by atoms with Gasteiger partial charge in [0, 0.05) is 0 Å². The predicted molar refractivity (Wildman–Crippen MR) is 177 cm³/mol. The van der Waals surface area contributed by atoms with E-state index in [4.69, 9.17) is 0 Å². The van der Waals surface area contributed by atoms with E-state index in [1.54, 1.807) is 0 Å². The van der Waals surface area contributed by atoms with Crippen LogP contribution in [-0.2, 0) is 0 Å². The molecule has 0 aliphatic heterocycles. The predicted octanol–water partition coefficient (Wildman–Crippen LogP) is 14.7. The highest BCUT2D eigenvalue weighted by Gasteiger charge is 2.21. The molecule has 0 amide bonds. The van der Waals surface area contributed by atoms with E-state index < -0.39 is 0 Å². The molecule has 0 heteroatoms. The molecule has 38 heavy (non-hydrogen) atoms.